The topological polar surface area (TPSA) is 57.0 Å². The van der Waals surface area contributed by atoms with Crippen molar-refractivity contribution in [2.24, 2.45) is 0 Å². The molecule has 18 heavy (non-hydrogen) atoms. The number of nitrogens with zero attached hydrogens (tertiary/aromatic N) is 3. The number of carbonyl (C=O) groups is 1. The summed E-state index contributed by atoms with van der Waals surface area (Å²) in [5.41, 5.74) is 1.80. The molecule has 0 bridgehead atoms. The zero-order valence-electron chi connectivity index (χ0n) is 9.35. The van der Waals surface area contributed by atoms with E-state index in [1.165, 1.54) is 0 Å². The Morgan fingerprint density at radius 1 is 1.00 bits per heavy atom. The quantitative estimate of drug-likeness (QED) is 0.639. The molecule has 0 saturated heterocycles. The Morgan fingerprint density at radius 2 is 1.72 bits per heavy atom. The molecule has 0 N–H and O–H groups in total. The smallest absolute Gasteiger partial charge is 0.312 e. The van der Waals surface area contributed by atoms with Crippen LogP contribution >= 0.6 is 0 Å². The van der Waals surface area contributed by atoms with E-state index in [2.05, 4.69) is 10.3 Å². The van der Waals surface area contributed by atoms with Crippen molar-refractivity contribution in [3.8, 4) is 0 Å². The molecule has 0 radical (unpaired) electrons. The molecule has 0 atom stereocenters. The summed E-state index contributed by atoms with van der Waals surface area (Å²) in [6.07, 6.45) is 0. The summed E-state index contributed by atoms with van der Waals surface area (Å²) in [6, 6.07) is 16.0. The van der Waals surface area contributed by atoms with Crippen LogP contribution in [0.1, 0.15) is 10.4 Å². The van der Waals surface area contributed by atoms with Crippen LogP contribution in [0.4, 0.5) is 0 Å². The molecule has 0 fully saturated rings. The third-order valence-electron chi connectivity index (χ3n) is 2.50. The number of benzene rings is 2. The molecule has 3 aromatic rings. The normalized spacial score (nSPS) is 10.4. The fourth-order valence-electron chi connectivity index (χ4n) is 1.62. The van der Waals surface area contributed by atoms with E-state index < -0.39 is 5.97 Å². The van der Waals surface area contributed by atoms with Crippen LogP contribution < -0.4 is 4.84 Å². The van der Waals surface area contributed by atoms with Gasteiger partial charge in [0.1, 0.15) is 11.0 Å². The second-order valence-corrected chi connectivity index (χ2v) is 3.70. The predicted molar refractivity (Wildman–Crippen MR) is 64.9 cm³/mol. The molecule has 2 aromatic carbocycles. The first-order valence-corrected chi connectivity index (χ1v) is 5.43. The van der Waals surface area contributed by atoms with E-state index in [0.29, 0.717) is 16.6 Å². The maximum absolute atomic E-state index is 11.8. The van der Waals surface area contributed by atoms with Gasteiger partial charge in [-0.1, -0.05) is 35.2 Å². The second kappa shape index (κ2) is 4.29. The maximum atomic E-state index is 11.8. The van der Waals surface area contributed by atoms with Crippen LogP contribution in [0.25, 0.3) is 11.0 Å². The Kier molecular flexibility index (Phi) is 2.49. The minimum atomic E-state index is -0.466. The highest BCUT2D eigenvalue weighted by atomic mass is 16.7. The van der Waals surface area contributed by atoms with Crippen molar-refractivity contribution in [2.75, 3.05) is 0 Å². The molecule has 0 saturated carbocycles. The molecule has 0 aliphatic carbocycles. The van der Waals surface area contributed by atoms with Crippen molar-refractivity contribution >= 4 is 17.0 Å². The lowest BCUT2D eigenvalue weighted by atomic mass is 10.2. The Bertz CT molecular complexity index is 692. The fraction of sp³-hybridized carbons (Fsp3) is 0. The molecule has 0 amide bonds. The van der Waals surface area contributed by atoms with Crippen molar-refractivity contribution in [2.45, 2.75) is 0 Å². The van der Waals surface area contributed by atoms with E-state index in [4.69, 9.17) is 4.84 Å². The van der Waals surface area contributed by atoms with E-state index in [0.717, 1.165) is 4.85 Å². The van der Waals surface area contributed by atoms with Gasteiger partial charge >= 0.3 is 5.97 Å². The third kappa shape index (κ3) is 1.82. The van der Waals surface area contributed by atoms with Gasteiger partial charge in [0.2, 0.25) is 0 Å². The average molecular weight is 239 g/mol. The molecule has 88 valence electrons. The van der Waals surface area contributed by atoms with Crippen LogP contribution in [0, 0.1) is 0 Å². The molecule has 5 heteroatoms. The van der Waals surface area contributed by atoms with E-state index in [-0.39, 0.29) is 0 Å². The fourth-order valence-corrected chi connectivity index (χ4v) is 1.62. The van der Waals surface area contributed by atoms with Gasteiger partial charge in [-0.2, -0.15) is 0 Å². The minimum absolute atomic E-state index is 0.466. The van der Waals surface area contributed by atoms with Gasteiger partial charge in [-0.05, 0) is 29.5 Å². The number of para-hydroxylation sites is 1. The lowest BCUT2D eigenvalue weighted by Crippen LogP contribution is -2.20. The van der Waals surface area contributed by atoms with Gasteiger partial charge < -0.3 is 4.84 Å². The molecule has 0 spiro atoms. The first kappa shape index (κ1) is 10.5. The largest absolute Gasteiger partial charge is 0.365 e. The standard InChI is InChI=1S/C13H9N3O2/c17-13(10-6-2-1-3-7-10)18-16-12-9-5-4-8-11(12)14-15-16/h1-9H. The summed E-state index contributed by atoms with van der Waals surface area (Å²) in [5.74, 6) is -0.466. The van der Waals surface area contributed by atoms with Crippen molar-refractivity contribution in [1.29, 1.82) is 0 Å². The molecule has 0 aliphatic heterocycles. The molecule has 0 aliphatic rings. The molecule has 1 heterocycles. The van der Waals surface area contributed by atoms with Crippen molar-refractivity contribution < 1.29 is 9.63 Å². The average Bonchev–Trinajstić information content (AvgIpc) is 2.83. The first-order chi connectivity index (χ1) is 8.84. The number of carbonyl (C=O) groups excluding carboxylic acids is 1. The Morgan fingerprint density at radius 3 is 2.56 bits per heavy atom. The first-order valence-electron chi connectivity index (χ1n) is 5.43. The summed E-state index contributed by atoms with van der Waals surface area (Å²) in [4.78, 5) is 18.1. The van der Waals surface area contributed by atoms with Crippen LogP contribution in [0.3, 0.4) is 0 Å². The zero-order valence-corrected chi connectivity index (χ0v) is 9.35. The Hall–Kier alpha value is -2.69. The second-order valence-electron chi connectivity index (χ2n) is 3.70. The van der Waals surface area contributed by atoms with Gasteiger partial charge in [0.15, 0.2) is 0 Å². The van der Waals surface area contributed by atoms with Crippen molar-refractivity contribution in [1.82, 2.24) is 15.2 Å². The predicted octanol–water partition coefficient (Wildman–Crippen LogP) is 1.70. The molecule has 1 aromatic heterocycles. The number of rotatable bonds is 2. The number of hydrogen-bond acceptors (Lipinski definition) is 4. The molecular weight excluding hydrogens is 230 g/mol. The summed E-state index contributed by atoms with van der Waals surface area (Å²) in [6.45, 7) is 0. The highest BCUT2D eigenvalue weighted by Gasteiger charge is 2.11. The van der Waals surface area contributed by atoms with Gasteiger partial charge in [-0.15, -0.1) is 5.10 Å². The highest BCUT2D eigenvalue weighted by Crippen LogP contribution is 2.09. The zero-order chi connectivity index (χ0) is 12.4. The highest BCUT2D eigenvalue weighted by molar-refractivity contribution is 5.90. The molecular formula is C13H9N3O2. The minimum Gasteiger partial charge on any atom is -0.312 e. The van der Waals surface area contributed by atoms with Crippen LogP contribution in [0.15, 0.2) is 54.6 Å². The van der Waals surface area contributed by atoms with Crippen molar-refractivity contribution in [3.05, 3.63) is 60.2 Å². The number of aromatic nitrogens is 3. The van der Waals surface area contributed by atoms with Gasteiger partial charge in [-0.3, -0.25) is 0 Å². The van der Waals surface area contributed by atoms with Gasteiger partial charge in [0, 0.05) is 0 Å². The van der Waals surface area contributed by atoms with E-state index >= 15 is 0 Å². The lowest BCUT2D eigenvalue weighted by molar-refractivity contribution is 0.0409. The van der Waals surface area contributed by atoms with Crippen LogP contribution in [-0.4, -0.2) is 21.1 Å². The van der Waals surface area contributed by atoms with E-state index in [1.807, 2.05) is 18.2 Å². The number of fused-ring (bicyclic) bond motifs is 1. The van der Waals surface area contributed by atoms with Crippen LogP contribution in [0.5, 0.6) is 0 Å². The summed E-state index contributed by atoms with van der Waals surface area (Å²) in [7, 11) is 0. The van der Waals surface area contributed by atoms with Gasteiger partial charge in [-0.25, -0.2) is 4.79 Å². The van der Waals surface area contributed by atoms with Crippen molar-refractivity contribution in [3.63, 3.8) is 0 Å². The van der Waals surface area contributed by atoms with Crippen LogP contribution in [-0.2, 0) is 0 Å². The third-order valence-corrected chi connectivity index (χ3v) is 2.50. The Balaban J connectivity index is 1.91. The summed E-state index contributed by atoms with van der Waals surface area (Å²) in [5, 5.41) is 7.69. The Labute approximate surface area is 103 Å². The summed E-state index contributed by atoms with van der Waals surface area (Å²) >= 11 is 0. The SMILES string of the molecule is O=C(On1nnc2ccccc21)c1ccccc1. The summed E-state index contributed by atoms with van der Waals surface area (Å²) < 4.78 is 0. The lowest BCUT2D eigenvalue weighted by Gasteiger charge is -2.02. The molecule has 3 rings (SSSR count). The van der Waals surface area contributed by atoms with E-state index in [1.54, 1.807) is 36.4 Å². The van der Waals surface area contributed by atoms with Gasteiger partial charge in [0.25, 0.3) is 0 Å². The maximum Gasteiger partial charge on any atom is 0.365 e. The van der Waals surface area contributed by atoms with Gasteiger partial charge in [0.05, 0.1) is 5.56 Å². The van der Waals surface area contributed by atoms with Crippen LogP contribution in [0.2, 0.25) is 0 Å². The number of hydrogen-bond donors (Lipinski definition) is 0. The van der Waals surface area contributed by atoms with E-state index in [9.17, 15) is 4.79 Å². The monoisotopic (exact) mass is 239 g/mol. The molecule has 5 nitrogen and oxygen atoms in total. The molecule has 0 unspecified atom stereocenters.